The van der Waals surface area contributed by atoms with Crippen LogP contribution in [-0.2, 0) is 29.1 Å². The molecule has 0 aliphatic carbocycles. The molecule has 0 amide bonds. The molecule has 0 N–H and O–H groups in total. The summed E-state index contributed by atoms with van der Waals surface area (Å²) in [5, 5.41) is 0. The first-order valence-electron chi connectivity index (χ1n) is 12.0. The van der Waals surface area contributed by atoms with Gasteiger partial charge in [-0.25, -0.2) is 9.59 Å². The van der Waals surface area contributed by atoms with E-state index in [1.165, 1.54) is 0 Å². The van der Waals surface area contributed by atoms with E-state index >= 15 is 0 Å². The Morgan fingerprint density at radius 3 is 1.67 bits per heavy atom. The molecule has 30 heavy (non-hydrogen) atoms. The normalized spacial score (nSPS) is 14.8. The molecule has 0 rings (SSSR count). The van der Waals surface area contributed by atoms with E-state index in [4.69, 9.17) is 19.6 Å². The van der Waals surface area contributed by atoms with Gasteiger partial charge in [0.25, 0.3) is 0 Å². The fourth-order valence-corrected chi connectivity index (χ4v) is 3.15. The van der Waals surface area contributed by atoms with Gasteiger partial charge in [0.1, 0.15) is 11.7 Å². The van der Waals surface area contributed by atoms with Crippen LogP contribution in [0.2, 0.25) is 0 Å². The minimum atomic E-state index is -0.646. The summed E-state index contributed by atoms with van der Waals surface area (Å²) in [5.41, 5.74) is -0.646. The van der Waals surface area contributed by atoms with E-state index in [-0.39, 0.29) is 29.9 Å². The Kier molecular flexibility index (Phi) is 15.9. The maximum atomic E-state index is 12.2. The van der Waals surface area contributed by atoms with E-state index in [1.54, 1.807) is 0 Å². The monoisotopic (exact) mass is 430 g/mol. The zero-order valence-electron chi connectivity index (χ0n) is 20.5. The van der Waals surface area contributed by atoms with Crippen LogP contribution in [-0.4, -0.2) is 23.6 Å². The minimum Gasteiger partial charge on any atom is -0.298 e. The average Bonchev–Trinajstić information content (AvgIpc) is 2.73. The summed E-state index contributed by atoms with van der Waals surface area (Å²) >= 11 is 0. The highest BCUT2D eigenvalue weighted by atomic mass is 17.2. The summed E-state index contributed by atoms with van der Waals surface area (Å²) in [6.07, 6.45) is 9.00. The summed E-state index contributed by atoms with van der Waals surface area (Å²) < 4.78 is 0. The highest BCUT2D eigenvalue weighted by Crippen LogP contribution is 2.23. The minimum absolute atomic E-state index is 0.110. The predicted molar refractivity (Wildman–Crippen MR) is 118 cm³/mol. The molecule has 0 bridgehead atoms. The number of carbonyl (C=O) groups excluding carboxylic acids is 2. The van der Waals surface area contributed by atoms with E-state index < -0.39 is 5.60 Å². The van der Waals surface area contributed by atoms with Crippen molar-refractivity contribution < 1.29 is 29.1 Å². The summed E-state index contributed by atoms with van der Waals surface area (Å²) in [7, 11) is 0. The van der Waals surface area contributed by atoms with E-state index in [1.807, 2.05) is 34.6 Å². The molecule has 0 aromatic rings. The quantitative estimate of drug-likeness (QED) is 0.178. The second-order valence-corrected chi connectivity index (χ2v) is 8.81. The first-order valence-corrected chi connectivity index (χ1v) is 12.0. The van der Waals surface area contributed by atoms with E-state index in [2.05, 4.69) is 13.8 Å². The van der Waals surface area contributed by atoms with Gasteiger partial charge in [0.2, 0.25) is 0 Å². The molecular formula is C24H46O6. The van der Waals surface area contributed by atoms with E-state index in [0.717, 1.165) is 51.4 Å². The fraction of sp³-hybridized carbons (Fsp3) is 0.917. The highest BCUT2D eigenvalue weighted by Gasteiger charge is 2.27. The van der Waals surface area contributed by atoms with Crippen LogP contribution in [0.4, 0.5) is 0 Å². The predicted octanol–water partition coefficient (Wildman–Crippen LogP) is 6.71. The number of rotatable bonds is 18. The SMILES string of the molecule is CCCCC(CC)C(=O)OOC(CC)CCC(C)(C)OOC(=O)C(CC)CCCC. The molecular weight excluding hydrogens is 384 g/mol. The molecule has 0 spiro atoms. The largest absolute Gasteiger partial charge is 0.345 e. The Morgan fingerprint density at radius 2 is 1.23 bits per heavy atom. The van der Waals surface area contributed by atoms with Crippen LogP contribution in [0, 0.1) is 11.8 Å². The molecule has 3 atom stereocenters. The van der Waals surface area contributed by atoms with Gasteiger partial charge in [-0.15, -0.1) is 0 Å². The van der Waals surface area contributed by atoms with Gasteiger partial charge in [-0.1, -0.05) is 60.3 Å². The van der Waals surface area contributed by atoms with Gasteiger partial charge in [-0.05, 0) is 58.8 Å². The highest BCUT2D eigenvalue weighted by molar-refractivity contribution is 5.72. The van der Waals surface area contributed by atoms with E-state index in [9.17, 15) is 9.59 Å². The Balaban J connectivity index is 4.42. The van der Waals surface area contributed by atoms with Crippen LogP contribution < -0.4 is 0 Å². The maximum absolute atomic E-state index is 12.2. The number of hydrogen-bond donors (Lipinski definition) is 0. The van der Waals surface area contributed by atoms with Crippen molar-refractivity contribution in [3.63, 3.8) is 0 Å². The van der Waals surface area contributed by atoms with Crippen LogP contribution in [0.25, 0.3) is 0 Å². The molecule has 0 aliphatic heterocycles. The summed E-state index contributed by atoms with van der Waals surface area (Å²) in [5.74, 6) is -0.813. The summed E-state index contributed by atoms with van der Waals surface area (Å²) in [6.45, 7) is 13.9. The van der Waals surface area contributed by atoms with Crippen molar-refractivity contribution in [2.24, 2.45) is 11.8 Å². The third-order valence-corrected chi connectivity index (χ3v) is 5.60. The van der Waals surface area contributed by atoms with Crippen molar-refractivity contribution in [2.75, 3.05) is 0 Å². The molecule has 6 nitrogen and oxygen atoms in total. The lowest BCUT2D eigenvalue weighted by atomic mass is 9.99. The lowest BCUT2D eigenvalue weighted by Gasteiger charge is -2.25. The average molecular weight is 431 g/mol. The zero-order valence-corrected chi connectivity index (χ0v) is 20.5. The van der Waals surface area contributed by atoms with Crippen molar-refractivity contribution in [1.29, 1.82) is 0 Å². The maximum Gasteiger partial charge on any atom is 0.345 e. The van der Waals surface area contributed by atoms with Gasteiger partial charge in [0.15, 0.2) is 0 Å². The van der Waals surface area contributed by atoms with Crippen molar-refractivity contribution in [3.05, 3.63) is 0 Å². The summed E-state index contributed by atoms with van der Waals surface area (Å²) in [4.78, 5) is 45.6. The van der Waals surface area contributed by atoms with Gasteiger partial charge in [0.05, 0.1) is 11.8 Å². The Labute approximate surface area is 184 Å². The van der Waals surface area contributed by atoms with Gasteiger partial charge in [-0.3, -0.25) is 9.78 Å². The Morgan fingerprint density at radius 1 is 0.733 bits per heavy atom. The zero-order chi connectivity index (χ0) is 23.0. The molecule has 6 heteroatoms. The van der Waals surface area contributed by atoms with Gasteiger partial charge in [0, 0.05) is 0 Å². The molecule has 3 unspecified atom stereocenters. The third-order valence-electron chi connectivity index (χ3n) is 5.60. The van der Waals surface area contributed by atoms with Gasteiger partial charge < -0.3 is 0 Å². The lowest BCUT2D eigenvalue weighted by molar-refractivity contribution is -0.334. The lowest BCUT2D eigenvalue weighted by Crippen LogP contribution is -2.30. The van der Waals surface area contributed by atoms with Gasteiger partial charge in [-0.2, -0.15) is 9.78 Å². The molecule has 0 saturated carbocycles. The van der Waals surface area contributed by atoms with Crippen LogP contribution in [0.5, 0.6) is 0 Å². The van der Waals surface area contributed by atoms with Crippen molar-refractivity contribution in [3.8, 4) is 0 Å². The standard InChI is InChI=1S/C24H46O6/c1-8-13-15-19(10-3)22(25)28-27-21(12-5)17-18-24(6,7)30-29-23(26)20(11-4)16-14-9-2/h19-21H,8-18H2,1-7H3. The number of unbranched alkanes of at least 4 members (excludes halogenated alkanes) is 2. The molecule has 0 heterocycles. The van der Waals surface area contributed by atoms with Crippen LogP contribution >= 0.6 is 0 Å². The summed E-state index contributed by atoms with van der Waals surface area (Å²) in [6, 6.07) is 0. The van der Waals surface area contributed by atoms with Crippen LogP contribution in [0.15, 0.2) is 0 Å². The second-order valence-electron chi connectivity index (χ2n) is 8.81. The van der Waals surface area contributed by atoms with E-state index in [0.29, 0.717) is 19.3 Å². The molecule has 178 valence electrons. The van der Waals surface area contributed by atoms with Crippen LogP contribution in [0.1, 0.15) is 119 Å². The topological polar surface area (TPSA) is 71.1 Å². The second kappa shape index (κ2) is 16.5. The molecule has 0 aromatic heterocycles. The van der Waals surface area contributed by atoms with Crippen molar-refractivity contribution in [2.45, 2.75) is 131 Å². The molecule has 0 saturated heterocycles. The molecule has 0 radical (unpaired) electrons. The van der Waals surface area contributed by atoms with Crippen LogP contribution in [0.3, 0.4) is 0 Å². The fourth-order valence-electron chi connectivity index (χ4n) is 3.15. The smallest absolute Gasteiger partial charge is 0.298 e. The number of hydrogen-bond acceptors (Lipinski definition) is 6. The molecule has 0 fully saturated rings. The van der Waals surface area contributed by atoms with Gasteiger partial charge >= 0.3 is 11.9 Å². The van der Waals surface area contributed by atoms with Crippen molar-refractivity contribution >= 4 is 11.9 Å². The molecule has 0 aromatic carbocycles. The van der Waals surface area contributed by atoms with Crippen molar-refractivity contribution in [1.82, 2.24) is 0 Å². The Bertz CT molecular complexity index is 463. The first-order chi connectivity index (χ1) is 14.2. The third kappa shape index (κ3) is 12.5. The first kappa shape index (κ1) is 28.9. The molecule has 0 aliphatic rings. The Hall–Kier alpha value is -1.14. The number of carbonyl (C=O) groups is 2.